The molecule has 88 valence electrons. The number of halogens is 2. The number of anilines is 1. The highest BCUT2D eigenvalue weighted by atomic mass is 79.9. The Kier molecular flexibility index (Phi) is 3.96. The zero-order chi connectivity index (χ0) is 11.7. The van der Waals surface area contributed by atoms with Crippen LogP contribution >= 0.6 is 31.9 Å². The minimum absolute atomic E-state index is 0.900. The van der Waals surface area contributed by atoms with E-state index in [0.717, 1.165) is 21.6 Å². The Balaban J connectivity index is 2.12. The van der Waals surface area contributed by atoms with Crippen LogP contribution in [0.1, 0.15) is 18.9 Å². The van der Waals surface area contributed by atoms with Gasteiger partial charge >= 0.3 is 0 Å². The van der Waals surface area contributed by atoms with Crippen LogP contribution in [0.3, 0.4) is 0 Å². The van der Waals surface area contributed by atoms with Crippen LogP contribution in [-0.2, 0) is 5.33 Å². The van der Waals surface area contributed by atoms with Crippen molar-refractivity contribution in [1.82, 2.24) is 0 Å². The molecule has 1 aliphatic carbocycles. The van der Waals surface area contributed by atoms with Crippen LogP contribution in [-0.4, -0.2) is 13.6 Å². The molecule has 0 N–H and O–H groups in total. The second kappa shape index (κ2) is 5.09. The molecule has 16 heavy (non-hydrogen) atoms. The van der Waals surface area contributed by atoms with Crippen molar-refractivity contribution in [3.8, 4) is 0 Å². The van der Waals surface area contributed by atoms with Crippen LogP contribution in [0, 0.1) is 11.8 Å². The lowest BCUT2D eigenvalue weighted by Crippen LogP contribution is -2.21. The number of nitrogens with zero attached hydrogens (tertiary/aromatic N) is 1. The summed E-state index contributed by atoms with van der Waals surface area (Å²) in [7, 11) is 2.19. The van der Waals surface area contributed by atoms with Crippen molar-refractivity contribution in [3.63, 3.8) is 0 Å². The standard InChI is InChI=1S/C13H17Br2N/c1-9-5-11(9)8-16(2)13-4-3-12(15)6-10(13)7-14/h3-4,6,9,11H,5,7-8H2,1-2H3. The predicted molar refractivity (Wildman–Crippen MR) is 77.3 cm³/mol. The second-order valence-electron chi connectivity index (χ2n) is 4.76. The van der Waals surface area contributed by atoms with Gasteiger partial charge in [-0.3, -0.25) is 0 Å². The highest BCUT2D eigenvalue weighted by molar-refractivity contribution is 9.10. The Hall–Kier alpha value is -0.0200. The molecule has 0 saturated heterocycles. The molecule has 2 rings (SSSR count). The fourth-order valence-corrected chi connectivity index (χ4v) is 2.99. The Morgan fingerprint density at radius 1 is 1.44 bits per heavy atom. The summed E-state index contributed by atoms with van der Waals surface area (Å²) in [5, 5.41) is 0.909. The van der Waals surface area contributed by atoms with Gasteiger partial charge in [0.1, 0.15) is 0 Å². The summed E-state index contributed by atoms with van der Waals surface area (Å²) < 4.78 is 1.15. The summed E-state index contributed by atoms with van der Waals surface area (Å²) in [6.45, 7) is 3.52. The number of hydrogen-bond acceptors (Lipinski definition) is 1. The van der Waals surface area contributed by atoms with E-state index < -0.39 is 0 Å². The maximum Gasteiger partial charge on any atom is 0.0405 e. The van der Waals surface area contributed by atoms with E-state index in [2.05, 4.69) is 68.9 Å². The number of rotatable bonds is 4. The molecule has 1 aliphatic rings. The van der Waals surface area contributed by atoms with Gasteiger partial charge in [-0.1, -0.05) is 38.8 Å². The van der Waals surface area contributed by atoms with Gasteiger partial charge in [0, 0.05) is 29.1 Å². The topological polar surface area (TPSA) is 3.24 Å². The molecule has 2 atom stereocenters. The van der Waals surface area contributed by atoms with E-state index >= 15 is 0 Å². The van der Waals surface area contributed by atoms with Crippen LogP contribution in [0.4, 0.5) is 5.69 Å². The highest BCUT2D eigenvalue weighted by Gasteiger charge is 2.33. The monoisotopic (exact) mass is 345 g/mol. The van der Waals surface area contributed by atoms with Crippen LogP contribution < -0.4 is 4.90 Å². The molecule has 1 fully saturated rings. The molecule has 1 aromatic carbocycles. The number of alkyl halides is 1. The van der Waals surface area contributed by atoms with E-state index in [1.807, 2.05) is 0 Å². The predicted octanol–water partition coefficient (Wildman–Crippen LogP) is 4.44. The average Bonchev–Trinajstić information content (AvgIpc) is 2.93. The Morgan fingerprint density at radius 2 is 2.12 bits per heavy atom. The van der Waals surface area contributed by atoms with Gasteiger partial charge in [-0.05, 0) is 42.0 Å². The summed E-state index contributed by atoms with van der Waals surface area (Å²) in [4.78, 5) is 2.39. The lowest BCUT2D eigenvalue weighted by molar-refractivity contribution is 0.724. The van der Waals surface area contributed by atoms with Crippen LogP contribution in [0.15, 0.2) is 22.7 Å². The van der Waals surface area contributed by atoms with Crippen LogP contribution in [0.2, 0.25) is 0 Å². The molecule has 1 nitrogen and oxygen atoms in total. The average molecular weight is 347 g/mol. The van der Waals surface area contributed by atoms with Crippen LogP contribution in [0.5, 0.6) is 0 Å². The Bertz CT molecular complexity index is 378. The van der Waals surface area contributed by atoms with Gasteiger partial charge in [0.15, 0.2) is 0 Å². The molecular formula is C13H17Br2N. The van der Waals surface area contributed by atoms with Gasteiger partial charge in [0.25, 0.3) is 0 Å². The first-order valence-electron chi connectivity index (χ1n) is 5.67. The largest absolute Gasteiger partial charge is 0.374 e. The van der Waals surface area contributed by atoms with Crippen molar-refractivity contribution in [3.05, 3.63) is 28.2 Å². The highest BCUT2D eigenvalue weighted by Crippen LogP contribution is 2.39. The molecule has 0 heterocycles. The summed E-state index contributed by atoms with van der Waals surface area (Å²) in [6, 6.07) is 6.51. The normalized spacial score (nSPS) is 23.2. The van der Waals surface area contributed by atoms with Gasteiger partial charge in [0.05, 0.1) is 0 Å². The maximum atomic E-state index is 3.56. The van der Waals surface area contributed by atoms with Crippen molar-refractivity contribution in [2.24, 2.45) is 11.8 Å². The number of benzene rings is 1. The summed E-state index contributed by atoms with van der Waals surface area (Å²) >= 11 is 7.08. The molecule has 0 aromatic heterocycles. The third-order valence-electron chi connectivity index (χ3n) is 3.38. The molecule has 0 radical (unpaired) electrons. The maximum absolute atomic E-state index is 3.56. The minimum atomic E-state index is 0.900. The molecule has 0 aliphatic heterocycles. The lowest BCUT2D eigenvalue weighted by Gasteiger charge is -2.22. The molecule has 2 unspecified atom stereocenters. The van der Waals surface area contributed by atoms with Gasteiger partial charge < -0.3 is 4.90 Å². The first-order chi connectivity index (χ1) is 7.61. The molecule has 0 bridgehead atoms. The minimum Gasteiger partial charge on any atom is -0.374 e. The molecule has 0 spiro atoms. The smallest absolute Gasteiger partial charge is 0.0405 e. The van der Waals surface area contributed by atoms with E-state index in [4.69, 9.17) is 0 Å². The summed E-state index contributed by atoms with van der Waals surface area (Å²) in [5.41, 5.74) is 2.70. The Labute approximate surface area is 114 Å². The molecular weight excluding hydrogens is 330 g/mol. The van der Waals surface area contributed by atoms with Crippen molar-refractivity contribution in [2.75, 3.05) is 18.5 Å². The fourth-order valence-electron chi connectivity index (χ4n) is 2.14. The third-order valence-corrected chi connectivity index (χ3v) is 4.48. The first-order valence-corrected chi connectivity index (χ1v) is 7.58. The van der Waals surface area contributed by atoms with E-state index in [9.17, 15) is 0 Å². The van der Waals surface area contributed by atoms with Crippen molar-refractivity contribution in [2.45, 2.75) is 18.7 Å². The fraction of sp³-hybridized carbons (Fsp3) is 0.538. The SMILES string of the molecule is CC1CC1CN(C)c1ccc(Br)cc1CBr. The Morgan fingerprint density at radius 3 is 2.69 bits per heavy atom. The van der Waals surface area contributed by atoms with Crippen LogP contribution in [0.25, 0.3) is 0 Å². The van der Waals surface area contributed by atoms with Gasteiger partial charge in [-0.2, -0.15) is 0 Å². The lowest BCUT2D eigenvalue weighted by atomic mass is 10.2. The third kappa shape index (κ3) is 2.80. The van der Waals surface area contributed by atoms with E-state index in [1.165, 1.54) is 24.2 Å². The zero-order valence-corrected chi connectivity index (χ0v) is 12.9. The van der Waals surface area contributed by atoms with E-state index in [1.54, 1.807) is 0 Å². The van der Waals surface area contributed by atoms with Gasteiger partial charge in [0.2, 0.25) is 0 Å². The summed E-state index contributed by atoms with van der Waals surface area (Å²) in [6.07, 6.45) is 1.39. The van der Waals surface area contributed by atoms with Crippen molar-refractivity contribution < 1.29 is 0 Å². The van der Waals surface area contributed by atoms with Gasteiger partial charge in [-0.25, -0.2) is 0 Å². The first kappa shape index (κ1) is 12.4. The summed E-state index contributed by atoms with van der Waals surface area (Å²) in [5.74, 6) is 1.82. The van der Waals surface area contributed by atoms with Crippen molar-refractivity contribution in [1.29, 1.82) is 0 Å². The quantitative estimate of drug-likeness (QED) is 0.728. The molecule has 1 aromatic rings. The van der Waals surface area contributed by atoms with E-state index in [-0.39, 0.29) is 0 Å². The molecule has 0 amide bonds. The second-order valence-corrected chi connectivity index (χ2v) is 6.24. The molecule has 3 heteroatoms. The zero-order valence-electron chi connectivity index (χ0n) is 9.71. The van der Waals surface area contributed by atoms with E-state index in [0.29, 0.717) is 0 Å². The van der Waals surface area contributed by atoms with Gasteiger partial charge in [-0.15, -0.1) is 0 Å². The molecule has 1 saturated carbocycles. The van der Waals surface area contributed by atoms with Crippen molar-refractivity contribution >= 4 is 37.5 Å². The number of hydrogen-bond donors (Lipinski definition) is 0.